The van der Waals surface area contributed by atoms with Gasteiger partial charge in [0, 0.05) is 31.9 Å². The summed E-state index contributed by atoms with van der Waals surface area (Å²) in [4.78, 5) is 2.13. The highest BCUT2D eigenvalue weighted by Crippen LogP contribution is 2.29. The van der Waals surface area contributed by atoms with Crippen molar-refractivity contribution in [2.75, 3.05) is 19.0 Å². The number of rotatable bonds is 4. The fourth-order valence-electron chi connectivity index (χ4n) is 2.56. The zero-order valence-electron chi connectivity index (χ0n) is 11.3. The lowest BCUT2D eigenvalue weighted by Gasteiger charge is -2.25. The zero-order chi connectivity index (χ0) is 12.3. The maximum Gasteiger partial charge on any atom is 0.0361 e. The van der Waals surface area contributed by atoms with E-state index in [1.165, 1.54) is 36.9 Å². The van der Waals surface area contributed by atoms with Crippen LogP contribution in [0.5, 0.6) is 0 Å². The Bertz CT molecular complexity index is 348. The number of hydrogen-bond acceptors (Lipinski definition) is 2. The van der Waals surface area contributed by atoms with Crippen molar-refractivity contribution in [1.29, 1.82) is 0 Å². The molecule has 1 fully saturated rings. The van der Waals surface area contributed by atoms with Gasteiger partial charge >= 0.3 is 0 Å². The molecule has 0 bridgehead atoms. The molecule has 0 radical (unpaired) electrons. The average Bonchev–Trinajstić information content (AvgIpc) is 2.75. The number of anilines is 1. The van der Waals surface area contributed by atoms with Crippen LogP contribution in [0.1, 0.15) is 38.2 Å². The molecule has 1 aromatic carbocycles. The van der Waals surface area contributed by atoms with E-state index in [0.29, 0.717) is 5.54 Å². The van der Waals surface area contributed by atoms with Gasteiger partial charge in [0.25, 0.3) is 0 Å². The van der Waals surface area contributed by atoms with E-state index in [9.17, 15) is 0 Å². The fourth-order valence-corrected chi connectivity index (χ4v) is 2.56. The van der Waals surface area contributed by atoms with E-state index in [0.717, 1.165) is 6.54 Å². The average molecular weight is 232 g/mol. The van der Waals surface area contributed by atoms with Gasteiger partial charge in [-0.2, -0.15) is 0 Å². The summed E-state index contributed by atoms with van der Waals surface area (Å²) in [6, 6.07) is 8.82. The molecule has 1 aliphatic rings. The first kappa shape index (κ1) is 12.4. The Kier molecular flexibility index (Phi) is 3.72. The minimum Gasteiger partial charge on any atom is -0.378 e. The van der Waals surface area contributed by atoms with Crippen molar-refractivity contribution in [2.45, 2.75) is 44.7 Å². The van der Waals surface area contributed by atoms with Crippen molar-refractivity contribution in [3.05, 3.63) is 29.8 Å². The number of nitrogens with zero attached hydrogens (tertiary/aromatic N) is 1. The maximum absolute atomic E-state index is 3.71. The predicted molar refractivity (Wildman–Crippen MR) is 74.5 cm³/mol. The van der Waals surface area contributed by atoms with Gasteiger partial charge in [0.15, 0.2) is 0 Å². The molecule has 0 spiro atoms. The lowest BCUT2D eigenvalue weighted by Crippen LogP contribution is -2.38. The highest BCUT2D eigenvalue weighted by molar-refractivity contribution is 5.45. The van der Waals surface area contributed by atoms with E-state index < -0.39 is 0 Å². The van der Waals surface area contributed by atoms with Gasteiger partial charge in [0.1, 0.15) is 0 Å². The molecule has 2 heteroatoms. The largest absolute Gasteiger partial charge is 0.378 e. The summed E-state index contributed by atoms with van der Waals surface area (Å²) in [6.07, 6.45) is 5.40. The fraction of sp³-hybridized carbons (Fsp3) is 0.600. The van der Waals surface area contributed by atoms with Crippen LogP contribution in [-0.2, 0) is 6.54 Å². The lowest BCUT2D eigenvalue weighted by atomic mass is 10.0. The van der Waals surface area contributed by atoms with Gasteiger partial charge in [-0.3, -0.25) is 0 Å². The molecular weight excluding hydrogens is 208 g/mol. The Morgan fingerprint density at radius 3 is 2.24 bits per heavy atom. The Hall–Kier alpha value is -1.02. The summed E-state index contributed by atoms with van der Waals surface area (Å²) in [6.45, 7) is 3.35. The molecule has 0 unspecified atom stereocenters. The van der Waals surface area contributed by atoms with Gasteiger partial charge in [-0.1, -0.05) is 25.0 Å². The van der Waals surface area contributed by atoms with Crippen molar-refractivity contribution in [1.82, 2.24) is 5.32 Å². The lowest BCUT2D eigenvalue weighted by molar-refractivity contribution is 0.363. The Morgan fingerprint density at radius 1 is 1.12 bits per heavy atom. The molecule has 94 valence electrons. The standard InChI is InChI=1S/C15H24N2/c1-15(10-4-5-11-15)16-12-13-6-8-14(9-7-13)17(2)3/h6-9,16H,4-5,10-12H2,1-3H3. The first-order valence-electron chi connectivity index (χ1n) is 6.60. The first-order chi connectivity index (χ1) is 8.09. The second-order valence-corrected chi connectivity index (χ2v) is 5.68. The van der Waals surface area contributed by atoms with Gasteiger partial charge < -0.3 is 10.2 Å². The number of benzene rings is 1. The molecular formula is C15H24N2. The third-order valence-corrected chi connectivity index (χ3v) is 3.88. The number of nitrogens with one attached hydrogen (secondary N) is 1. The van der Waals surface area contributed by atoms with Crippen molar-refractivity contribution in [3.8, 4) is 0 Å². The summed E-state index contributed by atoms with van der Waals surface area (Å²) in [5, 5.41) is 3.71. The van der Waals surface area contributed by atoms with Crippen LogP contribution in [0.15, 0.2) is 24.3 Å². The molecule has 0 heterocycles. The Labute approximate surface area is 105 Å². The normalized spacial score (nSPS) is 18.3. The van der Waals surface area contributed by atoms with E-state index in [-0.39, 0.29) is 0 Å². The van der Waals surface area contributed by atoms with Gasteiger partial charge in [0.2, 0.25) is 0 Å². The minimum absolute atomic E-state index is 0.375. The molecule has 1 aliphatic carbocycles. The predicted octanol–water partition coefficient (Wildman–Crippen LogP) is 3.17. The molecule has 17 heavy (non-hydrogen) atoms. The third kappa shape index (κ3) is 3.22. The highest BCUT2D eigenvalue weighted by Gasteiger charge is 2.27. The van der Waals surface area contributed by atoms with Crippen LogP contribution in [0, 0.1) is 0 Å². The van der Waals surface area contributed by atoms with Gasteiger partial charge in [-0.25, -0.2) is 0 Å². The first-order valence-corrected chi connectivity index (χ1v) is 6.60. The minimum atomic E-state index is 0.375. The SMILES string of the molecule is CN(C)c1ccc(CNC2(C)CCCC2)cc1. The molecule has 0 saturated heterocycles. The molecule has 2 rings (SSSR count). The summed E-state index contributed by atoms with van der Waals surface area (Å²) in [5.41, 5.74) is 3.02. The van der Waals surface area contributed by atoms with Crippen LogP contribution in [0.3, 0.4) is 0 Å². The monoisotopic (exact) mass is 232 g/mol. The maximum atomic E-state index is 3.71. The van der Waals surface area contributed by atoms with Crippen molar-refractivity contribution in [2.24, 2.45) is 0 Å². The van der Waals surface area contributed by atoms with E-state index in [1.807, 2.05) is 0 Å². The molecule has 1 aromatic rings. The topological polar surface area (TPSA) is 15.3 Å². The van der Waals surface area contributed by atoms with Crippen LogP contribution in [0.2, 0.25) is 0 Å². The van der Waals surface area contributed by atoms with Gasteiger partial charge in [-0.05, 0) is 37.5 Å². The summed E-state index contributed by atoms with van der Waals surface area (Å²) < 4.78 is 0. The van der Waals surface area contributed by atoms with E-state index in [1.54, 1.807) is 0 Å². The van der Waals surface area contributed by atoms with Crippen LogP contribution in [0.25, 0.3) is 0 Å². The van der Waals surface area contributed by atoms with E-state index >= 15 is 0 Å². The molecule has 0 atom stereocenters. The molecule has 1 saturated carbocycles. The number of hydrogen-bond donors (Lipinski definition) is 1. The quantitative estimate of drug-likeness (QED) is 0.857. The smallest absolute Gasteiger partial charge is 0.0361 e. The molecule has 0 aromatic heterocycles. The van der Waals surface area contributed by atoms with Crippen molar-refractivity contribution >= 4 is 5.69 Å². The van der Waals surface area contributed by atoms with E-state index in [2.05, 4.69) is 55.5 Å². The molecule has 0 amide bonds. The van der Waals surface area contributed by atoms with Crippen LogP contribution in [0.4, 0.5) is 5.69 Å². The second kappa shape index (κ2) is 5.09. The Balaban J connectivity index is 1.90. The van der Waals surface area contributed by atoms with Crippen LogP contribution < -0.4 is 10.2 Å². The molecule has 1 N–H and O–H groups in total. The summed E-state index contributed by atoms with van der Waals surface area (Å²) in [5.74, 6) is 0. The summed E-state index contributed by atoms with van der Waals surface area (Å²) >= 11 is 0. The summed E-state index contributed by atoms with van der Waals surface area (Å²) in [7, 11) is 4.15. The molecule has 2 nitrogen and oxygen atoms in total. The highest BCUT2D eigenvalue weighted by atomic mass is 15.1. The van der Waals surface area contributed by atoms with E-state index in [4.69, 9.17) is 0 Å². The zero-order valence-corrected chi connectivity index (χ0v) is 11.3. The van der Waals surface area contributed by atoms with Crippen molar-refractivity contribution < 1.29 is 0 Å². The van der Waals surface area contributed by atoms with Gasteiger partial charge in [-0.15, -0.1) is 0 Å². The van der Waals surface area contributed by atoms with Crippen LogP contribution >= 0.6 is 0 Å². The second-order valence-electron chi connectivity index (χ2n) is 5.68. The van der Waals surface area contributed by atoms with Gasteiger partial charge in [0.05, 0.1) is 0 Å². The van der Waals surface area contributed by atoms with Crippen LogP contribution in [-0.4, -0.2) is 19.6 Å². The molecule has 0 aliphatic heterocycles. The third-order valence-electron chi connectivity index (χ3n) is 3.88. The van der Waals surface area contributed by atoms with Crippen molar-refractivity contribution in [3.63, 3.8) is 0 Å². The Morgan fingerprint density at radius 2 is 1.71 bits per heavy atom.